The molecule has 2 rings (SSSR count). The van der Waals surface area contributed by atoms with Crippen LogP contribution in [-0.2, 0) is 9.59 Å². The molecule has 0 spiro atoms. The minimum absolute atomic E-state index is 0.0629. The monoisotopic (exact) mass is 225 g/mol. The zero-order valence-electron chi connectivity index (χ0n) is 9.71. The van der Waals surface area contributed by atoms with Crippen LogP contribution in [0.15, 0.2) is 0 Å². The number of carboxylic acids is 1. The second-order valence-corrected chi connectivity index (χ2v) is 5.46. The van der Waals surface area contributed by atoms with E-state index in [4.69, 9.17) is 5.11 Å². The van der Waals surface area contributed by atoms with E-state index in [1.165, 1.54) is 6.42 Å². The van der Waals surface area contributed by atoms with E-state index >= 15 is 0 Å². The van der Waals surface area contributed by atoms with E-state index in [1.807, 2.05) is 6.92 Å². The maximum absolute atomic E-state index is 12.1. The van der Waals surface area contributed by atoms with Crippen molar-refractivity contribution in [2.24, 2.45) is 5.41 Å². The molecule has 0 aromatic heterocycles. The topological polar surface area (TPSA) is 66.4 Å². The Bertz CT molecular complexity index is 314. The summed E-state index contributed by atoms with van der Waals surface area (Å²) in [4.78, 5) is 23.1. The number of carbonyl (C=O) groups is 2. The van der Waals surface area contributed by atoms with Gasteiger partial charge in [0.25, 0.3) is 0 Å². The first-order valence-electron chi connectivity index (χ1n) is 6.05. The van der Waals surface area contributed by atoms with E-state index in [9.17, 15) is 9.59 Å². The predicted molar refractivity (Wildman–Crippen MR) is 58.9 cm³/mol. The lowest BCUT2D eigenvalue weighted by atomic mass is 9.75. The number of amides is 1. The van der Waals surface area contributed by atoms with Gasteiger partial charge in [0.1, 0.15) is 5.54 Å². The van der Waals surface area contributed by atoms with Crippen LogP contribution in [0.4, 0.5) is 0 Å². The summed E-state index contributed by atoms with van der Waals surface area (Å²) in [5, 5.41) is 11.8. The smallest absolute Gasteiger partial charge is 0.329 e. The second-order valence-electron chi connectivity index (χ2n) is 5.46. The molecule has 0 aliphatic heterocycles. The standard InChI is InChI=1S/C12H19NO3/c1-11(5-3-2-4-6-11)9(14)13-12(7-8-12)10(15)16/h2-8H2,1H3,(H,13,14)(H,15,16). The molecule has 2 aliphatic rings. The average molecular weight is 225 g/mol. The van der Waals surface area contributed by atoms with Gasteiger partial charge < -0.3 is 10.4 Å². The highest BCUT2D eigenvalue weighted by Gasteiger charge is 2.53. The molecule has 4 heteroatoms. The Morgan fingerprint density at radius 2 is 1.62 bits per heavy atom. The van der Waals surface area contributed by atoms with Crippen LogP contribution < -0.4 is 5.32 Å². The Morgan fingerprint density at radius 3 is 2.06 bits per heavy atom. The number of hydrogen-bond donors (Lipinski definition) is 2. The van der Waals surface area contributed by atoms with Crippen LogP contribution in [0, 0.1) is 5.41 Å². The van der Waals surface area contributed by atoms with Gasteiger partial charge in [0.15, 0.2) is 0 Å². The molecule has 2 fully saturated rings. The van der Waals surface area contributed by atoms with Crippen LogP contribution in [0.3, 0.4) is 0 Å². The molecule has 1 amide bonds. The fourth-order valence-corrected chi connectivity index (χ4v) is 2.44. The van der Waals surface area contributed by atoms with Gasteiger partial charge in [-0.2, -0.15) is 0 Å². The van der Waals surface area contributed by atoms with E-state index in [-0.39, 0.29) is 11.3 Å². The summed E-state index contributed by atoms with van der Waals surface area (Å²) in [6.45, 7) is 1.96. The van der Waals surface area contributed by atoms with Crippen molar-refractivity contribution in [2.45, 2.75) is 57.4 Å². The largest absolute Gasteiger partial charge is 0.480 e. The van der Waals surface area contributed by atoms with Crippen molar-refractivity contribution < 1.29 is 14.7 Å². The van der Waals surface area contributed by atoms with Gasteiger partial charge in [-0.15, -0.1) is 0 Å². The second kappa shape index (κ2) is 3.75. The molecule has 0 bridgehead atoms. The Hall–Kier alpha value is -1.06. The SMILES string of the molecule is CC1(C(=O)NC2(C(=O)O)CC2)CCCCC1. The molecule has 0 atom stereocenters. The fraction of sp³-hybridized carbons (Fsp3) is 0.833. The number of nitrogens with one attached hydrogen (secondary N) is 1. The van der Waals surface area contributed by atoms with E-state index in [1.54, 1.807) is 0 Å². The molecule has 90 valence electrons. The van der Waals surface area contributed by atoms with Crippen LogP contribution in [0.2, 0.25) is 0 Å². The van der Waals surface area contributed by atoms with Crippen molar-refractivity contribution in [3.05, 3.63) is 0 Å². The van der Waals surface area contributed by atoms with Crippen LogP contribution in [-0.4, -0.2) is 22.5 Å². The van der Waals surface area contributed by atoms with Gasteiger partial charge in [0.2, 0.25) is 5.91 Å². The molecule has 2 N–H and O–H groups in total. The maximum atomic E-state index is 12.1. The molecule has 4 nitrogen and oxygen atoms in total. The normalized spacial score (nSPS) is 25.8. The molecule has 0 saturated heterocycles. The van der Waals surface area contributed by atoms with Crippen LogP contribution in [0.5, 0.6) is 0 Å². The van der Waals surface area contributed by atoms with Crippen LogP contribution in [0.25, 0.3) is 0 Å². The Kier molecular flexibility index (Phi) is 2.68. The van der Waals surface area contributed by atoms with E-state index in [0.717, 1.165) is 25.7 Å². The van der Waals surface area contributed by atoms with Crippen molar-refractivity contribution in [1.82, 2.24) is 5.32 Å². The first-order valence-corrected chi connectivity index (χ1v) is 6.05. The summed E-state index contributed by atoms with van der Waals surface area (Å²) in [6.07, 6.45) is 6.25. The molecular weight excluding hydrogens is 206 g/mol. The van der Waals surface area contributed by atoms with Gasteiger partial charge in [0.05, 0.1) is 0 Å². The Labute approximate surface area is 95.4 Å². The maximum Gasteiger partial charge on any atom is 0.329 e. The molecule has 0 unspecified atom stereocenters. The average Bonchev–Trinajstić information content (AvgIpc) is 3.00. The van der Waals surface area contributed by atoms with Gasteiger partial charge in [-0.1, -0.05) is 26.2 Å². The highest BCUT2D eigenvalue weighted by atomic mass is 16.4. The third kappa shape index (κ3) is 1.93. The predicted octanol–water partition coefficient (Wildman–Crippen LogP) is 1.69. The minimum atomic E-state index is -0.933. The van der Waals surface area contributed by atoms with Crippen molar-refractivity contribution in [1.29, 1.82) is 0 Å². The molecule has 0 radical (unpaired) electrons. The first-order chi connectivity index (χ1) is 7.49. The Balaban J connectivity index is 2.00. The molecule has 0 aromatic rings. The molecular formula is C12H19NO3. The molecule has 0 aromatic carbocycles. The zero-order chi connectivity index (χ0) is 11.8. The fourth-order valence-electron chi connectivity index (χ4n) is 2.44. The lowest BCUT2D eigenvalue weighted by Crippen LogP contribution is -2.49. The number of carbonyl (C=O) groups excluding carboxylic acids is 1. The van der Waals surface area contributed by atoms with Gasteiger partial charge in [-0.25, -0.2) is 4.79 Å². The third-order valence-corrected chi connectivity index (χ3v) is 4.02. The van der Waals surface area contributed by atoms with Crippen molar-refractivity contribution in [2.75, 3.05) is 0 Å². The highest BCUT2D eigenvalue weighted by Crippen LogP contribution is 2.40. The molecule has 0 heterocycles. The molecule has 16 heavy (non-hydrogen) atoms. The van der Waals surface area contributed by atoms with Crippen molar-refractivity contribution in [3.8, 4) is 0 Å². The number of aliphatic carboxylic acids is 1. The molecule has 2 saturated carbocycles. The van der Waals surface area contributed by atoms with Gasteiger partial charge >= 0.3 is 5.97 Å². The van der Waals surface area contributed by atoms with E-state index < -0.39 is 11.5 Å². The third-order valence-electron chi connectivity index (χ3n) is 4.02. The lowest BCUT2D eigenvalue weighted by molar-refractivity contribution is -0.145. The van der Waals surface area contributed by atoms with Crippen molar-refractivity contribution >= 4 is 11.9 Å². The summed E-state index contributed by atoms with van der Waals surface area (Å²) in [7, 11) is 0. The summed E-state index contributed by atoms with van der Waals surface area (Å²) in [6, 6.07) is 0. The number of hydrogen-bond acceptors (Lipinski definition) is 2. The minimum Gasteiger partial charge on any atom is -0.480 e. The Morgan fingerprint density at radius 1 is 1.06 bits per heavy atom. The zero-order valence-corrected chi connectivity index (χ0v) is 9.71. The summed E-state index contributed by atoms with van der Waals surface area (Å²) in [5.41, 5.74) is -1.28. The summed E-state index contributed by atoms with van der Waals surface area (Å²) >= 11 is 0. The summed E-state index contributed by atoms with van der Waals surface area (Å²) in [5.74, 6) is -0.952. The van der Waals surface area contributed by atoms with E-state index in [0.29, 0.717) is 12.8 Å². The van der Waals surface area contributed by atoms with Gasteiger partial charge in [0, 0.05) is 5.41 Å². The van der Waals surface area contributed by atoms with Gasteiger partial charge in [-0.05, 0) is 25.7 Å². The molecule has 2 aliphatic carbocycles. The first kappa shape index (κ1) is 11.4. The quantitative estimate of drug-likeness (QED) is 0.768. The number of carboxylic acid groups (broad SMARTS) is 1. The highest BCUT2D eigenvalue weighted by molar-refractivity contribution is 5.91. The van der Waals surface area contributed by atoms with Crippen LogP contribution in [0.1, 0.15) is 51.9 Å². The van der Waals surface area contributed by atoms with E-state index in [2.05, 4.69) is 5.32 Å². The van der Waals surface area contributed by atoms with Gasteiger partial charge in [-0.3, -0.25) is 4.79 Å². The summed E-state index contributed by atoms with van der Waals surface area (Å²) < 4.78 is 0. The number of rotatable bonds is 3. The van der Waals surface area contributed by atoms with Crippen molar-refractivity contribution in [3.63, 3.8) is 0 Å². The lowest BCUT2D eigenvalue weighted by Gasteiger charge is -2.33. The van der Waals surface area contributed by atoms with Crippen LogP contribution >= 0.6 is 0 Å².